The Morgan fingerprint density at radius 1 is 1.00 bits per heavy atom. The van der Waals surface area contributed by atoms with Gasteiger partial charge in [-0.1, -0.05) is 12.1 Å². The zero-order valence-electron chi connectivity index (χ0n) is 15.2. The van der Waals surface area contributed by atoms with Crippen LogP contribution in [0.5, 0.6) is 5.75 Å². The van der Waals surface area contributed by atoms with E-state index < -0.39 is 0 Å². The molecule has 2 aromatic rings. The van der Waals surface area contributed by atoms with E-state index in [-0.39, 0.29) is 12.5 Å². The third kappa shape index (κ3) is 4.93. The van der Waals surface area contributed by atoms with E-state index >= 15 is 0 Å². The molecule has 2 saturated heterocycles. The number of anilines is 2. The van der Waals surface area contributed by atoms with Gasteiger partial charge in [-0.25, -0.2) is 0 Å². The molecule has 0 saturated carbocycles. The van der Waals surface area contributed by atoms with Gasteiger partial charge in [0, 0.05) is 36.0 Å². The number of thioether (sulfide) groups is 2. The Morgan fingerprint density at radius 3 is 2.33 bits per heavy atom. The van der Waals surface area contributed by atoms with Gasteiger partial charge in [-0.3, -0.25) is 4.79 Å². The number of nitrogens with one attached hydrogen (secondary N) is 1. The highest BCUT2D eigenvalue weighted by atomic mass is 32.2. The first-order valence-electron chi connectivity index (χ1n) is 9.39. The third-order valence-electron chi connectivity index (χ3n) is 4.77. The van der Waals surface area contributed by atoms with Crippen LogP contribution in [-0.4, -0.2) is 37.1 Å². The van der Waals surface area contributed by atoms with Crippen molar-refractivity contribution in [3.63, 3.8) is 0 Å². The van der Waals surface area contributed by atoms with Gasteiger partial charge in [0.25, 0.3) is 5.91 Å². The Balaban J connectivity index is 1.25. The predicted octanol–water partition coefficient (Wildman–Crippen LogP) is 4.78. The molecule has 2 aromatic carbocycles. The summed E-state index contributed by atoms with van der Waals surface area (Å²) in [5.41, 5.74) is 3.34. The van der Waals surface area contributed by atoms with Crippen LogP contribution in [0.3, 0.4) is 0 Å². The van der Waals surface area contributed by atoms with Crippen molar-refractivity contribution in [2.45, 2.75) is 17.4 Å². The van der Waals surface area contributed by atoms with Crippen molar-refractivity contribution in [3.05, 3.63) is 54.1 Å². The minimum Gasteiger partial charge on any atom is -0.484 e. The van der Waals surface area contributed by atoms with Gasteiger partial charge in [-0.15, -0.1) is 23.5 Å². The Labute approximate surface area is 169 Å². The minimum atomic E-state index is -0.144. The van der Waals surface area contributed by atoms with Crippen molar-refractivity contribution in [2.24, 2.45) is 0 Å². The summed E-state index contributed by atoms with van der Waals surface area (Å²) in [5.74, 6) is 3.01. The van der Waals surface area contributed by atoms with E-state index in [1.165, 1.54) is 35.6 Å². The molecule has 2 aliphatic rings. The van der Waals surface area contributed by atoms with Gasteiger partial charge in [-0.2, -0.15) is 0 Å². The number of carbonyl (C=O) groups is 1. The quantitative estimate of drug-likeness (QED) is 0.756. The first kappa shape index (κ1) is 18.6. The largest absolute Gasteiger partial charge is 0.484 e. The molecular weight excluding hydrogens is 376 g/mol. The summed E-state index contributed by atoms with van der Waals surface area (Å²) >= 11 is 3.97. The molecule has 1 N–H and O–H groups in total. The molecule has 0 atom stereocenters. The lowest BCUT2D eigenvalue weighted by Gasteiger charge is -2.17. The molecule has 0 aromatic heterocycles. The van der Waals surface area contributed by atoms with E-state index in [0.717, 1.165) is 24.5 Å². The van der Waals surface area contributed by atoms with E-state index in [2.05, 4.69) is 34.5 Å². The minimum absolute atomic E-state index is 0.0140. The second-order valence-corrected chi connectivity index (χ2v) is 9.44. The van der Waals surface area contributed by atoms with Crippen LogP contribution in [0.25, 0.3) is 0 Å². The molecule has 2 aliphatic heterocycles. The van der Waals surface area contributed by atoms with Crippen LogP contribution in [0.1, 0.15) is 23.0 Å². The Hall–Kier alpha value is -1.79. The van der Waals surface area contributed by atoms with Gasteiger partial charge < -0.3 is 15.0 Å². The van der Waals surface area contributed by atoms with E-state index in [4.69, 9.17) is 4.74 Å². The highest BCUT2D eigenvalue weighted by Crippen LogP contribution is 2.45. The van der Waals surface area contributed by atoms with Gasteiger partial charge in [0.15, 0.2) is 6.61 Å². The molecule has 6 heteroatoms. The summed E-state index contributed by atoms with van der Waals surface area (Å²) in [5, 5.41) is 2.90. The van der Waals surface area contributed by atoms with Crippen molar-refractivity contribution in [1.29, 1.82) is 0 Å². The van der Waals surface area contributed by atoms with E-state index in [0.29, 0.717) is 4.58 Å². The van der Waals surface area contributed by atoms with Gasteiger partial charge in [-0.05, 0) is 54.8 Å². The first-order valence-corrected chi connectivity index (χ1v) is 11.5. The molecule has 0 radical (unpaired) electrons. The van der Waals surface area contributed by atoms with Crippen molar-refractivity contribution in [3.8, 4) is 5.75 Å². The second kappa shape index (κ2) is 8.93. The van der Waals surface area contributed by atoms with Crippen molar-refractivity contribution >= 4 is 40.8 Å². The van der Waals surface area contributed by atoms with Crippen molar-refractivity contribution < 1.29 is 9.53 Å². The lowest BCUT2D eigenvalue weighted by atomic mass is 10.2. The zero-order valence-corrected chi connectivity index (χ0v) is 16.9. The first-order chi connectivity index (χ1) is 13.3. The van der Waals surface area contributed by atoms with Crippen molar-refractivity contribution in [2.75, 3.05) is 41.4 Å². The number of nitrogens with zero attached hydrogens (tertiary/aromatic N) is 1. The molecule has 142 valence electrons. The monoisotopic (exact) mass is 400 g/mol. The van der Waals surface area contributed by atoms with Crippen LogP contribution in [0, 0.1) is 0 Å². The lowest BCUT2D eigenvalue weighted by molar-refractivity contribution is -0.118. The molecule has 1 amide bonds. The molecular formula is C21H24N2O2S2. The predicted molar refractivity (Wildman–Crippen MR) is 116 cm³/mol. The topological polar surface area (TPSA) is 41.6 Å². The highest BCUT2D eigenvalue weighted by molar-refractivity contribution is 8.19. The standard InChI is InChI=1S/C21H24N2O2S2/c24-20(22-17-5-7-18(8-6-17)23-11-1-2-12-23)15-25-19-9-3-16(4-10-19)21-26-13-14-27-21/h3-10,21H,1-2,11-15H2,(H,22,24). The van der Waals surface area contributed by atoms with Gasteiger partial charge in [0.05, 0.1) is 4.58 Å². The Morgan fingerprint density at radius 2 is 1.67 bits per heavy atom. The number of carbonyl (C=O) groups excluding carboxylic acids is 1. The number of ether oxygens (including phenoxy) is 1. The molecule has 0 unspecified atom stereocenters. The molecule has 2 heterocycles. The van der Waals surface area contributed by atoms with Crippen LogP contribution in [0.4, 0.5) is 11.4 Å². The Kier molecular flexibility index (Phi) is 6.14. The fourth-order valence-electron chi connectivity index (χ4n) is 3.35. The van der Waals surface area contributed by atoms with Crippen molar-refractivity contribution in [1.82, 2.24) is 0 Å². The molecule has 0 bridgehead atoms. The summed E-state index contributed by atoms with van der Waals surface area (Å²) in [4.78, 5) is 14.5. The molecule has 0 aliphatic carbocycles. The third-order valence-corrected chi connectivity index (χ3v) is 7.87. The lowest BCUT2D eigenvalue weighted by Crippen LogP contribution is -2.20. The average molecular weight is 401 g/mol. The van der Waals surface area contributed by atoms with Crippen LogP contribution in [0.2, 0.25) is 0 Å². The smallest absolute Gasteiger partial charge is 0.262 e. The van der Waals surface area contributed by atoms with Crippen LogP contribution < -0.4 is 15.0 Å². The summed E-state index contributed by atoms with van der Waals surface area (Å²) in [6, 6.07) is 16.1. The Bertz CT molecular complexity index is 753. The number of hydrogen-bond donors (Lipinski definition) is 1. The van der Waals surface area contributed by atoms with Crippen LogP contribution in [0.15, 0.2) is 48.5 Å². The fraction of sp³-hybridized carbons (Fsp3) is 0.381. The molecule has 0 spiro atoms. The summed E-state index contributed by atoms with van der Waals surface area (Å²) in [6.07, 6.45) is 2.52. The average Bonchev–Trinajstić information content (AvgIpc) is 3.41. The fourth-order valence-corrected chi connectivity index (χ4v) is 6.21. The maximum absolute atomic E-state index is 12.1. The van der Waals surface area contributed by atoms with E-state index in [1.54, 1.807) is 0 Å². The number of benzene rings is 2. The molecule has 2 fully saturated rings. The maximum Gasteiger partial charge on any atom is 0.262 e. The maximum atomic E-state index is 12.1. The normalized spacial score (nSPS) is 17.3. The second-order valence-electron chi connectivity index (χ2n) is 6.72. The summed E-state index contributed by atoms with van der Waals surface area (Å²) in [6.45, 7) is 2.26. The number of hydrogen-bond acceptors (Lipinski definition) is 5. The molecule has 27 heavy (non-hydrogen) atoms. The molecule has 4 nitrogen and oxygen atoms in total. The van der Waals surface area contributed by atoms with E-state index in [9.17, 15) is 4.79 Å². The number of rotatable bonds is 6. The van der Waals surface area contributed by atoms with Gasteiger partial charge in [0.2, 0.25) is 0 Å². The van der Waals surface area contributed by atoms with Gasteiger partial charge in [0.1, 0.15) is 5.75 Å². The zero-order chi connectivity index (χ0) is 18.5. The SMILES string of the molecule is O=C(COc1ccc(C2SCCS2)cc1)Nc1ccc(N2CCCC2)cc1. The summed E-state index contributed by atoms with van der Waals surface area (Å²) < 4.78 is 6.16. The van der Waals surface area contributed by atoms with Crippen LogP contribution in [-0.2, 0) is 4.79 Å². The highest BCUT2D eigenvalue weighted by Gasteiger charge is 2.18. The van der Waals surface area contributed by atoms with Crippen LogP contribution >= 0.6 is 23.5 Å². The number of amides is 1. The van der Waals surface area contributed by atoms with Gasteiger partial charge >= 0.3 is 0 Å². The molecule has 4 rings (SSSR count). The summed E-state index contributed by atoms with van der Waals surface area (Å²) in [7, 11) is 0. The van der Waals surface area contributed by atoms with E-state index in [1.807, 2.05) is 47.8 Å².